The van der Waals surface area contributed by atoms with Crippen molar-refractivity contribution < 1.29 is 0 Å². The number of nitrogens with zero attached hydrogens (tertiary/aromatic N) is 2. The van der Waals surface area contributed by atoms with Gasteiger partial charge in [-0.15, -0.1) is 0 Å². The molecule has 0 bridgehead atoms. The van der Waals surface area contributed by atoms with Gasteiger partial charge in [-0.05, 0) is 19.1 Å². The van der Waals surface area contributed by atoms with Crippen LogP contribution in [0.25, 0.3) is 10.2 Å². The molecule has 74 valence electrons. The van der Waals surface area contributed by atoms with E-state index in [-0.39, 0.29) is 6.17 Å². The molecule has 2 aromatic rings. The maximum absolute atomic E-state index is 5.85. The second kappa shape index (κ2) is 3.43. The number of fused-ring (bicyclic) bond motifs is 1. The number of benzene rings is 1. The molecule has 4 N–H and O–H groups in total. The number of nitrogens with two attached hydrogens (primary N) is 2. The Labute approximate surface area is 85.5 Å². The van der Waals surface area contributed by atoms with Gasteiger partial charge in [0.15, 0.2) is 0 Å². The topological polar surface area (TPSA) is 69.3 Å². The predicted molar refractivity (Wildman–Crippen MR) is 58.5 cm³/mol. The third-order valence-electron chi connectivity index (χ3n) is 2.05. The molecular formula is C9H12N4S. The Morgan fingerprint density at radius 3 is 2.79 bits per heavy atom. The molecule has 0 aliphatic rings. The molecule has 1 aromatic heterocycles. The summed E-state index contributed by atoms with van der Waals surface area (Å²) in [5, 5.41) is 3.73. The quantitative estimate of drug-likeness (QED) is 0.541. The highest BCUT2D eigenvalue weighted by Crippen LogP contribution is 2.18. The van der Waals surface area contributed by atoms with Crippen LogP contribution in [-0.4, -0.2) is 4.57 Å². The lowest BCUT2D eigenvalue weighted by Gasteiger charge is -2.07. The first-order valence-corrected chi connectivity index (χ1v) is 5.15. The van der Waals surface area contributed by atoms with E-state index in [1.165, 1.54) is 0 Å². The molecule has 1 unspecified atom stereocenters. The lowest BCUT2D eigenvalue weighted by atomic mass is 10.3. The van der Waals surface area contributed by atoms with Gasteiger partial charge < -0.3 is 11.6 Å². The average Bonchev–Trinajstić information content (AvgIpc) is 2.55. The molecule has 0 saturated heterocycles. The van der Waals surface area contributed by atoms with Crippen LogP contribution in [0.2, 0.25) is 0 Å². The van der Waals surface area contributed by atoms with Crippen LogP contribution in [0.1, 0.15) is 13.1 Å². The summed E-state index contributed by atoms with van der Waals surface area (Å²) >= 11 is 1.54. The summed E-state index contributed by atoms with van der Waals surface area (Å²) in [4.78, 5) is 0.751. The summed E-state index contributed by atoms with van der Waals surface area (Å²) in [6, 6.07) is 8.02. The first kappa shape index (κ1) is 9.23. The summed E-state index contributed by atoms with van der Waals surface area (Å²) in [7, 11) is 0. The minimum atomic E-state index is -0.117. The molecule has 0 aliphatic heterocycles. The zero-order valence-electron chi connectivity index (χ0n) is 7.84. The number of para-hydroxylation sites is 1. The number of rotatable bonds is 1. The average molecular weight is 208 g/mol. The number of hydrogen-bond donors (Lipinski definition) is 2. The first-order valence-electron chi connectivity index (χ1n) is 4.33. The summed E-state index contributed by atoms with van der Waals surface area (Å²) in [5.41, 5.74) is 6.93. The van der Waals surface area contributed by atoms with E-state index in [0.29, 0.717) is 0 Å². The van der Waals surface area contributed by atoms with Gasteiger partial charge in [0.25, 0.3) is 0 Å². The fraction of sp³-hybridized carbons (Fsp3) is 0.222. The van der Waals surface area contributed by atoms with Gasteiger partial charge in [0.1, 0.15) is 0 Å². The van der Waals surface area contributed by atoms with Crippen molar-refractivity contribution in [2.24, 2.45) is 16.7 Å². The Balaban J connectivity index is 2.89. The largest absolute Gasteiger partial charge is 0.320 e. The van der Waals surface area contributed by atoms with E-state index < -0.39 is 0 Å². The summed E-state index contributed by atoms with van der Waals surface area (Å²) in [5.74, 6) is 5.31. The monoisotopic (exact) mass is 208 g/mol. The molecular weight excluding hydrogens is 196 g/mol. The van der Waals surface area contributed by atoms with Crippen molar-refractivity contribution in [1.82, 2.24) is 4.57 Å². The SMILES string of the molecule is CC(N)n1/c(=N/N)sc2ccccc21. The molecule has 1 aromatic carbocycles. The van der Waals surface area contributed by atoms with Crippen LogP contribution in [0.5, 0.6) is 0 Å². The number of hydrogen-bond acceptors (Lipinski definition) is 4. The number of aromatic nitrogens is 1. The molecule has 0 amide bonds. The van der Waals surface area contributed by atoms with Gasteiger partial charge in [-0.3, -0.25) is 4.57 Å². The Bertz CT molecular complexity index is 509. The van der Waals surface area contributed by atoms with Gasteiger partial charge in [0, 0.05) is 0 Å². The minimum Gasteiger partial charge on any atom is -0.320 e. The highest BCUT2D eigenvalue weighted by molar-refractivity contribution is 7.16. The second-order valence-electron chi connectivity index (χ2n) is 3.09. The first-order chi connectivity index (χ1) is 6.74. The molecule has 0 aliphatic carbocycles. The van der Waals surface area contributed by atoms with Crippen molar-refractivity contribution in [2.75, 3.05) is 0 Å². The van der Waals surface area contributed by atoms with Crippen molar-refractivity contribution in [3.8, 4) is 0 Å². The van der Waals surface area contributed by atoms with Gasteiger partial charge in [-0.2, -0.15) is 5.10 Å². The maximum Gasteiger partial charge on any atom is 0.209 e. The van der Waals surface area contributed by atoms with Crippen LogP contribution in [0.15, 0.2) is 29.4 Å². The van der Waals surface area contributed by atoms with E-state index in [4.69, 9.17) is 11.6 Å². The normalized spacial score (nSPS) is 14.9. The van der Waals surface area contributed by atoms with Gasteiger partial charge in [-0.1, -0.05) is 23.5 Å². The van der Waals surface area contributed by atoms with E-state index in [9.17, 15) is 0 Å². The van der Waals surface area contributed by atoms with Crippen molar-refractivity contribution in [1.29, 1.82) is 0 Å². The molecule has 0 spiro atoms. The zero-order chi connectivity index (χ0) is 10.1. The van der Waals surface area contributed by atoms with E-state index in [1.54, 1.807) is 11.3 Å². The standard InChI is InChI=1S/C9H12N4S/c1-6(10)13-7-4-2-3-5-8(7)14-9(13)12-11/h2-6H,10-11H2,1H3/b12-9-. The van der Waals surface area contributed by atoms with Crippen LogP contribution >= 0.6 is 11.3 Å². The van der Waals surface area contributed by atoms with Crippen LogP contribution in [0.4, 0.5) is 0 Å². The predicted octanol–water partition coefficient (Wildman–Crippen LogP) is 0.954. The molecule has 0 fully saturated rings. The maximum atomic E-state index is 5.85. The third-order valence-corrected chi connectivity index (χ3v) is 3.10. The molecule has 14 heavy (non-hydrogen) atoms. The Hall–Kier alpha value is -1.33. The highest BCUT2D eigenvalue weighted by atomic mass is 32.1. The van der Waals surface area contributed by atoms with E-state index >= 15 is 0 Å². The molecule has 1 atom stereocenters. The third kappa shape index (κ3) is 1.30. The van der Waals surface area contributed by atoms with Crippen molar-refractivity contribution in [3.05, 3.63) is 29.1 Å². The van der Waals surface area contributed by atoms with Gasteiger partial charge in [0.05, 0.1) is 16.4 Å². The Kier molecular flexibility index (Phi) is 2.26. The van der Waals surface area contributed by atoms with Gasteiger partial charge in [-0.25, -0.2) is 0 Å². The molecule has 0 saturated carbocycles. The molecule has 4 nitrogen and oxygen atoms in total. The fourth-order valence-corrected chi connectivity index (χ4v) is 2.51. The van der Waals surface area contributed by atoms with Crippen molar-refractivity contribution in [2.45, 2.75) is 13.1 Å². The molecule has 0 radical (unpaired) electrons. The number of thiazole rings is 1. The Morgan fingerprint density at radius 2 is 2.14 bits per heavy atom. The summed E-state index contributed by atoms with van der Waals surface area (Å²) in [6.07, 6.45) is -0.117. The lowest BCUT2D eigenvalue weighted by molar-refractivity contribution is 0.573. The smallest absolute Gasteiger partial charge is 0.209 e. The van der Waals surface area contributed by atoms with E-state index in [1.807, 2.05) is 35.8 Å². The van der Waals surface area contributed by atoms with Crippen molar-refractivity contribution >= 4 is 21.6 Å². The van der Waals surface area contributed by atoms with Crippen LogP contribution in [0.3, 0.4) is 0 Å². The second-order valence-corrected chi connectivity index (χ2v) is 4.10. The van der Waals surface area contributed by atoms with E-state index in [2.05, 4.69) is 5.10 Å². The van der Waals surface area contributed by atoms with Crippen LogP contribution < -0.4 is 16.4 Å². The lowest BCUT2D eigenvalue weighted by Crippen LogP contribution is -2.25. The summed E-state index contributed by atoms with van der Waals surface area (Å²) in [6.45, 7) is 1.91. The van der Waals surface area contributed by atoms with Gasteiger partial charge >= 0.3 is 0 Å². The van der Waals surface area contributed by atoms with Crippen molar-refractivity contribution in [3.63, 3.8) is 0 Å². The molecule has 1 heterocycles. The van der Waals surface area contributed by atoms with Gasteiger partial charge in [0.2, 0.25) is 4.80 Å². The highest BCUT2D eigenvalue weighted by Gasteiger charge is 2.07. The fourth-order valence-electron chi connectivity index (χ4n) is 1.48. The van der Waals surface area contributed by atoms with E-state index in [0.717, 1.165) is 15.0 Å². The molecule has 2 rings (SSSR count). The van der Waals surface area contributed by atoms with Crippen LogP contribution in [-0.2, 0) is 0 Å². The summed E-state index contributed by atoms with van der Waals surface area (Å²) < 4.78 is 3.08. The Morgan fingerprint density at radius 1 is 1.43 bits per heavy atom. The zero-order valence-corrected chi connectivity index (χ0v) is 8.66. The molecule has 5 heteroatoms. The van der Waals surface area contributed by atoms with Crippen LogP contribution in [0, 0.1) is 0 Å². The minimum absolute atomic E-state index is 0.117.